The van der Waals surface area contributed by atoms with E-state index in [0.717, 1.165) is 0 Å². The number of carbonyl (C=O) groups excluding carboxylic acids is 2. The van der Waals surface area contributed by atoms with Crippen molar-refractivity contribution in [1.82, 2.24) is 10.9 Å². The van der Waals surface area contributed by atoms with Crippen molar-refractivity contribution in [1.29, 1.82) is 0 Å². The van der Waals surface area contributed by atoms with Crippen molar-refractivity contribution >= 4 is 12.2 Å². The van der Waals surface area contributed by atoms with Crippen LogP contribution in [-0.4, -0.2) is 12.2 Å². The largest absolute Gasteiger partial charge is 1.00 e. The summed E-state index contributed by atoms with van der Waals surface area (Å²) in [6, 6.07) is 0. The first-order chi connectivity index (χ1) is 3.63. The number of hydrazine groups is 1. The van der Waals surface area contributed by atoms with Gasteiger partial charge in [0, 0.05) is 0 Å². The van der Waals surface area contributed by atoms with Crippen molar-refractivity contribution in [3.8, 4) is 0 Å². The molecule has 46 valence electrons. The number of carbonyl (C=O) groups is 2. The van der Waals surface area contributed by atoms with E-state index in [1.165, 1.54) is 10.9 Å². The maximum atomic E-state index is 9.33. The molecule has 0 fully saturated rings. The minimum Gasteiger partial charge on any atom is -0.529 e. The standard InChI is InChI=1S/C2H4N2O4.2Na/c5-1(6)3-4-2(7)8;;/h3-4H,(H,5,6)(H,7,8);;/q;2*+1/p-2. The Labute approximate surface area is 101 Å². The second kappa shape index (κ2) is 9.54. The van der Waals surface area contributed by atoms with E-state index in [0.29, 0.717) is 0 Å². The van der Waals surface area contributed by atoms with E-state index >= 15 is 0 Å². The second-order valence-corrected chi connectivity index (χ2v) is 0.825. The number of hydrogen-bond donors (Lipinski definition) is 2. The molecular weight excluding hydrogens is 162 g/mol. The normalized spacial score (nSPS) is 6.00. The van der Waals surface area contributed by atoms with Crippen LogP contribution in [0, 0.1) is 0 Å². The fraction of sp³-hybridized carbons (Fsp3) is 0. The van der Waals surface area contributed by atoms with Gasteiger partial charge in [-0.25, -0.2) is 0 Å². The molecule has 0 radical (unpaired) electrons. The smallest absolute Gasteiger partial charge is 0.529 e. The molecule has 0 aliphatic heterocycles. The van der Waals surface area contributed by atoms with Gasteiger partial charge in [0.15, 0.2) is 12.2 Å². The van der Waals surface area contributed by atoms with E-state index in [-0.39, 0.29) is 59.1 Å². The Morgan fingerprint density at radius 2 is 1.10 bits per heavy atom. The first-order valence-corrected chi connectivity index (χ1v) is 1.57. The zero-order chi connectivity index (χ0) is 6.57. The molecule has 0 heterocycles. The van der Waals surface area contributed by atoms with E-state index < -0.39 is 12.2 Å². The predicted octanol–water partition coefficient (Wildman–Crippen LogP) is -9.22. The van der Waals surface area contributed by atoms with Crippen molar-refractivity contribution in [3.63, 3.8) is 0 Å². The van der Waals surface area contributed by atoms with Crippen molar-refractivity contribution in [2.75, 3.05) is 0 Å². The Balaban J connectivity index is -0.000000245. The maximum absolute atomic E-state index is 9.33. The molecule has 0 saturated heterocycles. The van der Waals surface area contributed by atoms with Gasteiger partial charge in [-0.15, -0.1) is 0 Å². The van der Waals surface area contributed by atoms with Gasteiger partial charge in [-0.05, 0) is 0 Å². The molecule has 0 rings (SSSR count). The summed E-state index contributed by atoms with van der Waals surface area (Å²) >= 11 is 0. The van der Waals surface area contributed by atoms with Crippen LogP contribution in [-0.2, 0) is 0 Å². The van der Waals surface area contributed by atoms with Crippen LogP contribution in [0.5, 0.6) is 0 Å². The van der Waals surface area contributed by atoms with E-state index in [1.54, 1.807) is 0 Å². The summed E-state index contributed by atoms with van der Waals surface area (Å²) in [7, 11) is 0. The number of nitrogens with one attached hydrogen (secondary N) is 2. The number of rotatable bonds is 0. The van der Waals surface area contributed by atoms with Gasteiger partial charge in [-0.2, -0.15) is 0 Å². The van der Waals surface area contributed by atoms with Crippen LogP contribution >= 0.6 is 0 Å². The summed E-state index contributed by atoms with van der Waals surface area (Å²) in [5.74, 6) is 0. The van der Waals surface area contributed by atoms with Gasteiger partial charge in [0.2, 0.25) is 0 Å². The molecule has 0 bridgehead atoms. The van der Waals surface area contributed by atoms with Crippen LogP contribution in [0.3, 0.4) is 0 Å². The summed E-state index contributed by atoms with van der Waals surface area (Å²) in [5.41, 5.74) is 2.48. The maximum Gasteiger partial charge on any atom is 1.00 e. The summed E-state index contributed by atoms with van der Waals surface area (Å²) in [5, 5.41) is 18.7. The Kier molecular flexibility index (Phi) is 16.1. The van der Waals surface area contributed by atoms with Gasteiger partial charge >= 0.3 is 59.1 Å². The molecule has 10 heavy (non-hydrogen) atoms. The van der Waals surface area contributed by atoms with Gasteiger partial charge in [0.25, 0.3) is 0 Å². The zero-order valence-corrected chi connectivity index (χ0v) is 9.63. The fourth-order valence-corrected chi connectivity index (χ4v) is 0.102. The van der Waals surface area contributed by atoms with Crippen LogP contribution in [0.2, 0.25) is 0 Å². The number of amides is 2. The van der Waals surface area contributed by atoms with Gasteiger partial charge in [-0.3, -0.25) is 10.9 Å². The Hall–Kier alpha value is 0.540. The van der Waals surface area contributed by atoms with Gasteiger partial charge in [-0.1, -0.05) is 0 Å². The first-order valence-electron chi connectivity index (χ1n) is 1.57. The average Bonchev–Trinajstić information content (AvgIpc) is 1.61. The molecule has 0 aromatic carbocycles. The monoisotopic (exact) mass is 164 g/mol. The van der Waals surface area contributed by atoms with Crippen LogP contribution in [0.1, 0.15) is 0 Å². The van der Waals surface area contributed by atoms with Crippen LogP contribution in [0.25, 0.3) is 0 Å². The van der Waals surface area contributed by atoms with Crippen molar-refractivity contribution in [3.05, 3.63) is 0 Å². The number of carboxylic acid groups (broad SMARTS) is 2. The third-order valence-corrected chi connectivity index (χ3v) is 0.267. The molecule has 8 heteroatoms. The fourth-order valence-electron chi connectivity index (χ4n) is 0.102. The van der Waals surface area contributed by atoms with E-state index in [9.17, 15) is 19.8 Å². The average molecular weight is 164 g/mol. The minimum absolute atomic E-state index is 0. The predicted molar refractivity (Wildman–Crippen MR) is 17.1 cm³/mol. The van der Waals surface area contributed by atoms with Crippen LogP contribution in [0.4, 0.5) is 9.59 Å². The SMILES string of the molecule is O=C([O-])NNC(=O)[O-].[Na+].[Na+]. The van der Waals surface area contributed by atoms with Crippen molar-refractivity contribution in [2.24, 2.45) is 0 Å². The third-order valence-electron chi connectivity index (χ3n) is 0.267. The molecule has 0 aliphatic carbocycles. The van der Waals surface area contributed by atoms with E-state index in [1.807, 2.05) is 0 Å². The molecule has 2 N–H and O–H groups in total. The molecule has 2 amide bonds. The van der Waals surface area contributed by atoms with Crippen molar-refractivity contribution < 1.29 is 78.9 Å². The summed E-state index contributed by atoms with van der Waals surface area (Å²) in [6.07, 6.45) is -3.46. The second-order valence-electron chi connectivity index (χ2n) is 0.825. The van der Waals surface area contributed by atoms with E-state index in [2.05, 4.69) is 0 Å². The van der Waals surface area contributed by atoms with Crippen LogP contribution in [0.15, 0.2) is 0 Å². The van der Waals surface area contributed by atoms with E-state index in [4.69, 9.17) is 0 Å². The molecule has 0 aliphatic rings. The molecule has 0 atom stereocenters. The Morgan fingerprint density at radius 1 is 0.900 bits per heavy atom. The van der Waals surface area contributed by atoms with Crippen LogP contribution < -0.4 is 80.2 Å². The molecule has 0 aromatic heterocycles. The molecule has 6 nitrogen and oxygen atoms in total. The van der Waals surface area contributed by atoms with Gasteiger partial charge in [0.05, 0.1) is 0 Å². The summed E-state index contributed by atoms with van der Waals surface area (Å²) < 4.78 is 0. The zero-order valence-electron chi connectivity index (χ0n) is 5.63. The number of hydrogen-bond acceptors (Lipinski definition) is 4. The minimum atomic E-state index is -1.73. The Bertz CT molecular complexity index is 104. The molecule has 0 aromatic rings. The molecular formula is C2H2N2Na2O4. The van der Waals surface area contributed by atoms with Crippen molar-refractivity contribution in [2.45, 2.75) is 0 Å². The van der Waals surface area contributed by atoms with Gasteiger partial charge in [0.1, 0.15) is 0 Å². The molecule has 0 spiro atoms. The summed E-state index contributed by atoms with van der Waals surface area (Å²) in [6.45, 7) is 0. The topological polar surface area (TPSA) is 104 Å². The molecule has 0 unspecified atom stereocenters. The Morgan fingerprint density at radius 3 is 1.20 bits per heavy atom. The van der Waals surface area contributed by atoms with Gasteiger partial charge < -0.3 is 19.8 Å². The third kappa shape index (κ3) is 15.8. The summed E-state index contributed by atoms with van der Waals surface area (Å²) in [4.78, 5) is 18.7. The first kappa shape index (κ1) is 16.9. The molecule has 0 saturated carbocycles. The quantitative estimate of drug-likeness (QED) is 0.274.